The third-order valence-electron chi connectivity index (χ3n) is 4.74. The fraction of sp³-hybridized carbons (Fsp3) is 0.333. The van der Waals surface area contributed by atoms with Crippen molar-refractivity contribution in [1.82, 2.24) is 4.90 Å². The van der Waals surface area contributed by atoms with Gasteiger partial charge in [0.25, 0.3) is 5.91 Å². The number of hydrogen-bond donors (Lipinski definition) is 0. The summed E-state index contributed by atoms with van der Waals surface area (Å²) >= 11 is 0. The van der Waals surface area contributed by atoms with Crippen LogP contribution in [0.2, 0.25) is 0 Å². The minimum absolute atomic E-state index is 0.0704. The molecule has 1 fully saturated rings. The summed E-state index contributed by atoms with van der Waals surface area (Å²) < 4.78 is 5.22. The fourth-order valence-electron chi connectivity index (χ4n) is 3.33. The van der Waals surface area contributed by atoms with E-state index in [0.29, 0.717) is 19.5 Å². The largest absolute Gasteiger partial charge is 0.372 e. The van der Waals surface area contributed by atoms with Crippen molar-refractivity contribution in [3.8, 4) is 11.1 Å². The molecule has 0 bridgehead atoms. The van der Waals surface area contributed by atoms with Gasteiger partial charge < -0.3 is 14.5 Å². The van der Waals surface area contributed by atoms with E-state index in [2.05, 4.69) is 0 Å². The van der Waals surface area contributed by atoms with E-state index in [0.717, 1.165) is 16.8 Å². The van der Waals surface area contributed by atoms with Crippen LogP contribution in [-0.4, -0.2) is 49.6 Å². The van der Waals surface area contributed by atoms with Crippen molar-refractivity contribution in [2.24, 2.45) is 0 Å². The molecule has 1 aliphatic rings. The maximum Gasteiger partial charge on any atom is 0.252 e. The SMILES string of the molecule is CCC(OC)C(=O)N1CCN(c2ccccc2-c2ccccc2)C(=O)C1. The number of rotatable bonds is 5. The van der Waals surface area contributed by atoms with Crippen LogP contribution >= 0.6 is 0 Å². The van der Waals surface area contributed by atoms with Crippen molar-refractivity contribution in [2.75, 3.05) is 31.6 Å². The Morgan fingerprint density at radius 2 is 1.77 bits per heavy atom. The van der Waals surface area contributed by atoms with Crippen LogP contribution in [0.4, 0.5) is 5.69 Å². The number of methoxy groups -OCH3 is 1. The van der Waals surface area contributed by atoms with E-state index in [9.17, 15) is 9.59 Å². The molecule has 0 radical (unpaired) electrons. The van der Waals surface area contributed by atoms with Gasteiger partial charge in [-0.15, -0.1) is 0 Å². The van der Waals surface area contributed by atoms with E-state index in [1.807, 2.05) is 61.5 Å². The second-order valence-corrected chi connectivity index (χ2v) is 6.32. The van der Waals surface area contributed by atoms with Crippen LogP contribution in [0.1, 0.15) is 13.3 Å². The quantitative estimate of drug-likeness (QED) is 0.831. The van der Waals surface area contributed by atoms with E-state index in [1.54, 1.807) is 9.80 Å². The number of piperazine rings is 1. The lowest BCUT2D eigenvalue weighted by atomic mass is 10.0. The minimum Gasteiger partial charge on any atom is -0.372 e. The van der Waals surface area contributed by atoms with Gasteiger partial charge in [-0.2, -0.15) is 0 Å². The van der Waals surface area contributed by atoms with Crippen LogP contribution in [0.25, 0.3) is 11.1 Å². The van der Waals surface area contributed by atoms with Crippen LogP contribution < -0.4 is 4.90 Å². The van der Waals surface area contributed by atoms with Crippen LogP contribution in [0, 0.1) is 0 Å². The Kier molecular flexibility index (Phi) is 5.68. The Balaban J connectivity index is 1.81. The van der Waals surface area contributed by atoms with Crippen molar-refractivity contribution >= 4 is 17.5 Å². The summed E-state index contributed by atoms with van der Waals surface area (Å²) in [6.07, 6.45) is 0.117. The van der Waals surface area contributed by atoms with Crippen LogP contribution in [-0.2, 0) is 14.3 Å². The molecular formula is C21H24N2O3. The highest BCUT2D eigenvalue weighted by Gasteiger charge is 2.32. The third kappa shape index (κ3) is 3.63. The Hall–Kier alpha value is -2.66. The summed E-state index contributed by atoms with van der Waals surface area (Å²) in [7, 11) is 1.53. The number of benzene rings is 2. The molecule has 1 aliphatic heterocycles. The number of carbonyl (C=O) groups excluding carboxylic acids is 2. The zero-order valence-corrected chi connectivity index (χ0v) is 15.2. The maximum absolute atomic E-state index is 12.8. The second kappa shape index (κ2) is 8.15. The Bertz CT molecular complexity index is 772. The van der Waals surface area contributed by atoms with E-state index in [1.165, 1.54) is 7.11 Å². The molecular weight excluding hydrogens is 328 g/mol. The maximum atomic E-state index is 12.8. The lowest BCUT2D eigenvalue weighted by Crippen LogP contribution is -2.54. The predicted molar refractivity (Wildman–Crippen MR) is 102 cm³/mol. The van der Waals surface area contributed by atoms with E-state index in [-0.39, 0.29) is 18.4 Å². The van der Waals surface area contributed by atoms with E-state index >= 15 is 0 Å². The molecule has 0 N–H and O–H groups in total. The standard InChI is InChI=1S/C21H24N2O3/c1-3-19(26-2)21(25)22-13-14-23(20(24)15-22)18-12-8-7-11-17(18)16-9-5-4-6-10-16/h4-12,19H,3,13-15H2,1-2H3. The average molecular weight is 352 g/mol. The van der Waals surface area contributed by atoms with Gasteiger partial charge in [0.1, 0.15) is 12.6 Å². The second-order valence-electron chi connectivity index (χ2n) is 6.32. The first-order chi connectivity index (χ1) is 12.7. The van der Waals surface area contributed by atoms with Crippen molar-refractivity contribution in [3.05, 3.63) is 54.6 Å². The highest BCUT2D eigenvalue weighted by molar-refractivity contribution is 6.01. The van der Waals surface area contributed by atoms with Gasteiger partial charge in [0.15, 0.2) is 0 Å². The molecule has 1 heterocycles. The first-order valence-electron chi connectivity index (χ1n) is 8.92. The van der Waals surface area contributed by atoms with Crippen LogP contribution in [0.5, 0.6) is 0 Å². The summed E-state index contributed by atoms with van der Waals surface area (Å²) in [5.74, 6) is -0.182. The molecule has 1 saturated heterocycles. The molecule has 1 unspecified atom stereocenters. The van der Waals surface area contributed by atoms with Gasteiger partial charge in [-0.1, -0.05) is 55.5 Å². The molecule has 5 heteroatoms. The van der Waals surface area contributed by atoms with Crippen molar-refractivity contribution in [1.29, 1.82) is 0 Å². The molecule has 0 aromatic heterocycles. The Labute approximate surface area is 154 Å². The smallest absolute Gasteiger partial charge is 0.252 e. The number of amides is 2. The summed E-state index contributed by atoms with van der Waals surface area (Å²) in [5, 5.41) is 0. The summed E-state index contributed by atoms with van der Waals surface area (Å²) in [6.45, 7) is 2.98. The van der Waals surface area contributed by atoms with E-state index in [4.69, 9.17) is 4.74 Å². The molecule has 136 valence electrons. The van der Waals surface area contributed by atoms with Gasteiger partial charge in [-0.25, -0.2) is 0 Å². The molecule has 2 aromatic rings. The molecule has 0 spiro atoms. The van der Waals surface area contributed by atoms with Gasteiger partial charge in [0.05, 0.1) is 5.69 Å². The third-order valence-corrected chi connectivity index (χ3v) is 4.74. The molecule has 2 aromatic carbocycles. The highest BCUT2D eigenvalue weighted by atomic mass is 16.5. The van der Waals surface area contributed by atoms with Gasteiger partial charge in [-0.3, -0.25) is 9.59 Å². The lowest BCUT2D eigenvalue weighted by molar-refractivity contribution is -0.145. The minimum atomic E-state index is -0.481. The topological polar surface area (TPSA) is 49.9 Å². The van der Waals surface area contributed by atoms with Crippen LogP contribution in [0.3, 0.4) is 0 Å². The summed E-state index contributed by atoms with van der Waals surface area (Å²) in [4.78, 5) is 28.6. The Morgan fingerprint density at radius 3 is 2.42 bits per heavy atom. The molecule has 5 nitrogen and oxygen atoms in total. The number of para-hydroxylation sites is 1. The molecule has 0 aliphatic carbocycles. The zero-order chi connectivity index (χ0) is 18.5. The van der Waals surface area contributed by atoms with Crippen molar-refractivity contribution in [2.45, 2.75) is 19.4 Å². The molecule has 2 amide bonds. The monoisotopic (exact) mass is 352 g/mol. The van der Waals surface area contributed by atoms with E-state index < -0.39 is 6.10 Å². The number of anilines is 1. The summed E-state index contributed by atoms with van der Waals surface area (Å²) in [5.41, 5.74) is 2.97. The first kappa shape index (κ1) is 18.1. The molecule has 1 atom stereocenters. The lowest BCUT2D eigenvalue weighted by Gasteiger charge is -2.36. The fourth-order valence-corrected chi connectivity index (χ4v) is 3.33. The average Bonchev–Trinajstić information content (AvgIpc) is 2.69. The zero-order valence-electron chi connectivity index (χ0n) is 15.2. The molecule has 0 saturated carbocycles. The normalized spacial score (nSPS) is 15.8. The summed E-state index contributed by atoms with van der Waals surface area (Å²) in [6, 6.07) is 17.9. The first-order valence-corrected chi connectivity index (χ1v) is 8.92. The van der Waals surface area contributed by atoms with Crippen molar-refractivity contribution in [3.63, 3.8) is 0 Å². The number of nitrogens with zero attached hydrogens (tertiary/aromatic N) is 2. The highest BCUT2D eigenvalue weighted by Crippen LogP contribution is 2.31. The number of carbonyl (C=O) groups is 2. The predicted octanol–water partition coefficient (Wildman–Crippen LogP) is 2.95. The number of hydrogen-bond acceptors (Lipinski definition) is 3. The van der Waals surface area contributed by atoms with Gasteiger partial charge >= 0.3 is 0 Å². The van der Waals surface area contributed by atoms with Gasteiger partial charge in [0, 0.05) is 25.8 Å². The van der Waals surface area contributed by atoms with Gasteiger partial charge in [0.2, 0.25) is 5.91 Å². The van der Waals surface area contributed by atoms with Crippen molar-refractivity contribution < 1.29 is 14.3 Å². The Morgan fingerprint density at radius 1 is 1.08 bits per heavy atom. The van der Waals surface area contributed by atoms with Crippen LogP contribution in [0.15, 0.2) is 54.6 Å². The molecule has 3 rings (SSSR count). The number of ether oxygens (including phenoxy) is 1. The van der Waals surface area contributed by atoms with Gasteiger partial charge in [-0.05, 0) is 18.1 Å². The molecule has 26 heavy (non-hydrogen) atoms.